The molecule has 10 heteroatoms. The van der Waals surface area contributed by atoms with Crippen molar-refractivity contribution in [3.8, 4) is 21.9 Å². The lowest BCUT2D eigenvalue weighted by atomic mass is 9.89. The van der Waals surface area contributed by atoms with Crippen LogP contribution in [0.5, 0.6) is 0 Å². The van der Waals surface area contributed by atoms with Crippen LogP contribution < -0.4 is 5.32 Å². The summed E-state index contributed by atoms with van der Waals surface area (Å²) in [6, 6.07) is 4.39. The standard InChI is InChI=1S/C30H38N6O2S2.C2H6/c1-17(2)20-16-39-28-25(22-14-19-8-11-32-29(31-3)27(19)40-22)24(30-35-34-23(38-30)15-36(4)5)21(33-26(20)28)7-6-18-9-12-37-13-10-18;1-2/h8,11,14,17-18,20H,6-7,9-10,12-13,15-16H2,1-5H3,(H,31,32);1-2H3. The lowest BCUT2D eigenvalue weighted by molar-refractivity contribution is 0.0639. The molecule has 2 aliphatic heterocycles. The molecule has 1 fully saturated rings. The van der Waals surface area contributed by atoms with Crippen molar-refractivity contribution in [1.82, 2.24) is 25.1 Å². The predicted octanol–water partition coefficient (Wildman–Crippen LogP) is 7.74. The number of aryl methyl sites for hydroxylation is 1. The van der Waals surface area contributed by atoms with Crippen LogP contribution in [-0.2, 0) is 17.7 Å². The summed E-state index contributed by atoms with van der Waals surface area (Å²) in [5.74, 6) is 4.72. The van der Waals surface area contributed by atoms with Gasteiger partial charge in [-0.25, -0.2) is 4.98 Å². The number of nitrogens with zero attached hydrogens (tertiary/aromatic N) is 5. The normalized spacial score (nSPS) is 17.1. The second-order valence-electron chi connectivity index (χ2n) is 11.5. The van der Waals surface area contributed by atoms with E-state index >= 15 is 0 Å². The first-order chi connectivity index (χ1) is 20.4. The second kappa shape index (κ2) is 13.8. The molecule has 1 saturated heterocycles. The van der Waals surface area contributed by atoms with E-state index in [1.54, 1.807) is 11.3 Å². The lowest BCUT2D eigenvalue weighted by Gasteiger charge is -2.23. The van der Waals surface area contributed by atoms with Gasteiger partial charge in [0.1, 0.15) is 5.82 Å². The zero-order chi connectivity index (χ0) is 29.8. The van der Waals surface area contributed by atoms with Crippen LogP contribution in [0, 0.1) is 11.8 Å². The summed E-state index contributed by atoms with van der Waals surface area (Å²) in [6.45, 7) is 10.9. The largest absolute Gasteiger partial charge is 0.419 e. The number of aromatic nitrogens is 4. The van der Waals surface area contributed by atoms with E-state index in [1.165, 1.54) is 26.4 Å². The molecule has 0 amide bonds. The zero-order valence-electron chi connectivity index (χ0n) is 26.0. The van der Waals surface area contributed by atoms with Crippen LogP contribution in [-0.4, -0.2) is 65.2 Å². The average molecular weight is 609 g/mol. The van der Waals surface area contributed by atoms with Crippen molar-refractivity contribution in [2.45, 2.75) is 70.7 Å². The summed E-state index contributed by atoms with van der Waals surface area (Å²) < 4.78 is 13.2. The number of thiophene rings is 1. The maximum Gasteiger partial charge on any atom is 0.250 e. The molecule has 4 aromatic heterocycles. The predicted molar refractivity (Wildman–Crippen MR) is 175 cm³/mol. The topological polar surface area (TPSA) is 89.2 Å². The molecule has 1 unspecified atom stereocenters. The van der Waals surface area contributed by atoms with E-state index in [0.717, 1.165) is 66.4 Å². The zero-order valence-corrected chi connectivity index (χ0v) is 27.6. The van der Waals surface area contributed by atoms with Crippen molar-refractivity contribution in [1.29, 1.82) is 0 Å². The highest BCUT2D eigenvalue weighted by atomic mass is 32.2. The molecule has 2 aliphatic rings. The van der Waals surface area contributed by atoms with Crippen LogP contribution in [0.3, 0.4) is 0 Å². The van der Waals surface area contributed by atoms with Crippen LogP contribution in [0.4, 0.5) is 5.82 Å². The number of anilines is 1. The molecule has 0 aliphatic carbocycles. The molecule has 6 heterocycles. The van der Waals surface area contributed by atoms with E-state index in [0.29, 0.717) is 36.1 Å². The molecular weight excluding hydrogens is 565 g/mol. The monoisotopic (exact) mass is 608 g/mol. The Bertz CT molecular complexity index is 1490. The van der Waals surface area contributed by atoms with Gasteiger partial charge in [-0.1, -0.05) is 27.7 Å². The first-order valence-electron chi connectivity index (χ1n) is 15.2. The summed E-state index contributed by atoms with van der Waals surface area (Å²) in [4.78, 5) is 14.5. The van der Waals surface area contributed by atoms with Gasteiger partial charge in [0.05, 0.1) is 28.2 Å². The second-order valence-corrected chi connectivity index (χ2v) is 13.5. The first-order valence-corrected chi connectivity index (χ1v) is 17.0. The van der Waals surface area contributed by atoms with Crippen LogP contribution in [0.25, 0.3) is 32.0 Å². The van der Waals surface area contributed by atoms with Crippen molar-refractivity contribution in [3.05, 3.63) is 35.6 Å². The summed E-state index contributed by atoms with van der Waals surface area (Å²) >= 11 is 3.70. The Balaban J connectivity index is 0.00000173. The van der Waals surface area contributed by atoms with Crippen molar-refractivity contribution in [2.24, 2.45) is 11.8 Å². The van der Waals surface area contributed by atoms with Gasteiger partial charge in [-0.15, -0.1) is 33.3 Å². The fraction of sp³-hybridized carbons (Fsp3) is 0.562. The number of hydrogen-bond donors (Lipinski definition) is 1. The Morgan fingerprint density at radius 3 is 2.62 bits per heavy atom. The highest BCUT2D eigenvalue weighted by Crippen LogP contribution is 2.53. The number of fused-ring (bicyclic) bond motifs is 2. The summed E-state index contributed by atoms with van der Waals surface area (Å²) in [5, 5.41) is 13.5. The van der Waals surface area contributed by atoms with Crippen molar-refractivity contribution >= 4 is 39.0 Å². The highest BCUT2D eigenvalue weighted by Gasteiger charge is 2.35. The molecule has 226 valence electrons. The molecule has 0 aromatic carbocycles. The van der Waals surface area contributed by atoms with E-state index in [9.17, 15) is 0 Å². The Hall–Kier alpha value is -2.53. The SMILES string of the molecule is CC.CNc1nccc2cc(-c3c4c(nc(CCC5CCOCC5)c3-c3nnc(CN(C)C)o3)C(C(C)C)CS4)sc12. The third-order valence-corrected chi connectivity index (χ3v) is 10.4. The Kier molecular flexibility index (Phi) is 10.2. The van der Waals surface area contributed by atoms with E-state index in [-0.39, 0.29) is 0 Å². The van der Waals surface area contributed by atoms with Crippen LogP contribution in [0.2, 0.25) is 0 Å². The van der Waals surface area contributed by atoms with Crippen molar-refractivity contribution in [2.75, 3.05) is 45.4 Å². The minimum Gasteiger partial charge on any atom is -0.419 e. The number of nitrogens with one attached hydrogen (secondary N) is 1. The molecule has 0 saturated carbocycles. The minimum absolute atomic E-state index is 0.422. The molecular formula is C32H44N6O2S2. The van der Waals surface area contributed by atoms with Gasteiger partial charge < -0.3 is 19.4 Å². The molecule has 42 heavy (non-hydrogen) atoms. The fourth-order valence-electron chi connectivity index (χ4n) is 5.77. The third kappa shape index (κ3) is 6.37. The Morgan fingerprint density at radius 1 is 1.12 bits per heavy atom. The lowest BCUT2D eigenvalue weighted by Crippen LogP contribution is -2.17. The minimum atomic E-state index is 0.422. The van der Waals surface area contributed by atoms with Gasteiger partial charge >= 0.3 is 0 Å². The number of hydrogen-bond acceptors (Lipinski definition) is 10. The van der Waals surface area contributed by atoms with E-state index in [1.807, 2.05) is 57.8 Å². The van der Waals surface area contributed by atoms with Gasteiger partial charge in [-0.3, -0.25) is 4.98 Å². The summed E-state index contributed by atoms with van der Waals surface area (Å²) in [6.07, 6.45) is 6.06. The van der Waals surface area contributed by atoms with Gasteiger partial charge in [0, 0.05) is 53.5 Å². The van der Waals surface area contributed by atoms with Gasteiger partial charge in [-0.05, 0) is 69.1 Å². The fourth-order valence-corrected chi connectivity index (χ4v) is 8.64. The average Bonchev–Trinajstić information content (AvgIpc) is 3.74. The van der Waals surface area contributed by atoms with Gasteiger partial charge in [-0.2, -0.15) is 0 Å². The molecule has 0 radical (unpaired) electrons. The molecule has 6 rings (SSSR count). The van der Waals surface area contributed by atoms with Gasteiger partial charge in [0.2, 0.25) is 11.8 Å². The van der Waals surface area contributed by atoms with Crippen LogP contribution in [0.1, 0.15) is 70.2 Å². The molecule has 1 atom stereocenters. The Morgan fingerprint density at radius 2 is 1.90 bits per heavy atom. The number of ether oxygens (including phenoxy) is 1. The molecule has 0 bridgehead atoms. The van der Waals surface area contributed by atoms with Crippen LogP contribution in [0.15, 0.2) is 27.6 Å². The summed E-state index contributed by atoms with van der Waals surface area (Å²) in [7, 11) is 5.96. The number of pyridine rings is 2. The van der Waals surface area contributed by atoms with Crippen molar-refractivity contribution in [3.63, 3.8) is 0 Å². The van der Waals surface area contributed by atoms with E-state index in [2.05, 4.69) is 46.5 Å². The quantitative estimate of drug-likeness (QED) is 0.205. The smallest absolute Gasteiger partial charge is 0.250 e. The molecule has 4 aromatic rings. The number of thioether (sulfide) groups is 1. The van der Waals surface area contributed by atoms with Crippen LogP contribution >= 0.6 is 23.1 Å². The van der Waals surface area contributed by atoms with Gasteiger partial charge in [0.25, 0.3) is 0 Å². The molecule has 0 spiro atoms. The van der Waals surface area contributed by atoms with Gasteiger partial charge in [0.15, 0.2) is 0 Å². The Labute approximate surface area is 258 Å². The maximum atomic E-state index is 6.38. The summed E-state index contributed by atoms with van der Waals surface area (Å²) in [5.41, 5.74) is 4.52. The van der Waals surface area contributed by atoms with Crippen molar-refractivity contribution < 1.29 is 9.15 Å². The molecule has 8 nitrogen and oxygen atoms in total. The highest BCUT2D eigenvalue weighted by molar-refractivity contribution is 7.99. The third-order valence-electron chi connectivity index (χ3n) is 8.00. The maximum absolute atomic E-state index is 6.38. The molecule has 1 N–H and O–H groups in total. The van der Waals surface area contributed by atoms with E-state index < -0.39 is 0 Å². The first kappa shape index (κ1) is 30.9. The number of rotatable bonds is 9. The van der Waals surface area contributed by atoms with E-state index in [4.69, 9.17) is 14.1 Å².